The van der Waals surface area contributed by atoms with Crippen LogP contribution in [0.4, 0.5) is 5.82 Å². The van der Waals surface area contributed by atoms with Gasteiger partial charge in [-0.05, 0) is 38.3 Å². The molecule has 0 unspecified atom stereocenters. The number of anilines is 1. The van der Waals surface area contributed by atoms with Gasteiger partial charge in [0.05, 0.1) is 0 Å². The second-order valence-corrected chi connectivity index (χ2v) is 8.57. The summed E-state index contributed by atoms with van der Waals surface area (Å²) in [6.07, 6.45) is 3.15. The Labute approximate surface area is 154 Å². The van der Waals surface area contributed by atoms with Gasteiger partial charge in [0.15, 0.2) is 5.41 Å². The van der Waals surface area contributed by atoms with Gasteiger partial charge in [0.25, 0.3) is 0 Å². The molecule has 0 aromatic carbocycles. The number of carbonyl (C=O) groups is 2. The van der Waals surface area contributed by atoms with Crippen LogP contribution in [0, 0.1) is 17.8 Å². The van der Waals surface area contributed by atoms with E-state index in [1.54, 1.807) is 6.20 Å². The van der Waals surface area contributed by atoms with Crippen molar-refractivity contribution >= 4 is 17.7 Å². The smallest absolute Gasteiger partial charge is 0.322 e. The van der Waals surface area contributed by atoms with Crippen molar-refractivity contribution in [2.24, 2.45) is 10.8 Å². The minimum absolute atomic E-state index is 0.0499. The van der Waals surface area contributed by atoms with Crippen molar-refractivity contribution in [3.8, 4) is 0 Å². The topological polar surface area (TPSA) is 62.7 Å². The van der Waals surface area contributed by atoms with Gasteiger partial charge in [-0.1, -0.05) is 19.9 Å². The Morgan fingerprint density at radius 2 is 1.85 bits per heavy atom. The fraction of sp³-hybridized carbons (Fsp3) is 0.650. The van der Waals surface area contributed by atoms with Crippen LogP contribution in [0.5, 0.6) is 0 Å². The number of aryl methyl sites for hydroxylation is 1. The van der Waals surface area contributed by atoms with E-state index < -0.39 is 16.4 Å². The highest BCUT2D eigenvalue weighted by Crippen LogP contribution is 2.66. The van der Waals surface area contributed by atoms with E-state index in [-0.39, 0.29) is 11.9 Å². The van der Waals surface area contributed by atoms with Crippen LogP contribution in [0.3, 0.4) is 0 Å². The lowest BCUT2D eigenvalue weighted by Crippen LogP contribution is -2.57. The quantitative estimate of drug-likeness (QED) is 0.600. The van der Waals surface area contributed by atoms with E-state index in [2.05, 4.69) is 22.9 Å². The molecule has 26 heavy (non-hydrogen) atoms. The molecule has 3 heterocycles. The maximum Gasteiger partial charge on any atom is 0.322 e. The molecule has 140 valence electrons. The number of amides is 1. The van der Waals surface area contributed by atoms with Crippen LogP contribution in [-0.4, -0.2) is 53.5 Å². The SMILES string of the molecule is Cc1cccnc1N1CCN(C(=O)[C@@]23CC[C@@](C)(OC2=O)C3(C)C)CC1. The van der Waals surface area contributed by atoms with Crippen molar-refractivity contribution in [1.29, 1.82) is 0 Å². The zero-order chi connectivity index (χ0) is 18.7. The number of esters is 1. The van der Waals surface area contributed by atoms with Crippen LogP contribution >= 0.6 is 0 Å². The molecular formula is C20H27N3O3. The van der Waals surface area contributed by atoms with Crippen molar-refractivity contribution in [1.82, 2.24) is 9.88 Å². The lowest BCUT2D eigenvalue weighted by Gasteiger charge is -2.41. The fourth-order valence-corrected chi connectivity index (χ4v) is 4.99. The van der Waals surface area contributed by atoms with Crippen LogP contribution in [0.1, 0.15) is 39.2 Å². The number of ether oxygens (including phenoxy) is 1. The largest absolute Gasteiger partial charge is 0.458 e. The molecule has 2 saturated heterocycles. The van der Waals surface area contributed by atoms with Gasteiger partial charge in [0.1, 0.15) is 11.4 Å². The average Bonchev–Trinajstić information content (AvgIpc) is 2.91. The summed E-state index contributed by atoms with van der Waals surface area (Å²) in [7, 11) is 0. The monoisotopic (exact) mass is 357 g/mol. The Bertz CT molecular complexity index is 769. The zero-order valence-corrected chi connectivity index (χ0v) is 16.0. The van der Waals surface area contributed by atoms with Crippen LogP contribution < -0.4 is 4.90 Å². The third-order valence-electron chi connectivity index (χ3n) is 7.25. The summed E-state index contributed by atoms with van der Waals surface area (Å²) >= 11 is 0. The summed E-state index contributed by atoms with van der Waals surface area (Å²) in [5.41, 5.74) is -0.904. The van der Waals surface area contributed by atoms with E-state index in [1.165, 1.54) is 0 Å². The first-order valence-corrected chi connectivity index (χ1v) is 9.42. The number of aromatic nitrogens is 1. The third-order valence-corrected chi connectivity index (χ3v) is 7.25. The molecule has 1 amide bonds. The minimum Gasteiger partial charge on any atom is -0.458 e. The first-order valence-electron chi connectivity index (χ1n) is 9.42. The zero-order valence-electron chi connectivity index (χ0n) is 16.0. The highest BCUT2D eigenvalue weighted by Gasteiger charge is 2.76. The number of pyridine rings is 1. The standard InChI is InChI=1S/C20H27N3O3/c1-14-6-5-9-21-15(14)22-10-12-23(13-11-22)16(24)20-8-7-19(4,18(20,2)3)26-17(20)25/h5-6,9H,7-8,10-13H2,1-4H3/t19-,20+/m1/s1. The molecule has 2 atom stereocenters. The first kappa shape index (κ1) is 17.3. The lowest BCUT2D eigenvalue weighted by molar-refractivity contribution is -0.165. The van der Waals surface area contributed by atoms with Gasteiger partial charge in [-0.15, -0.1) is 0 Å². The van der Waals surface area contributed by atoms with Crippen LogP contribution in [0.25, 0.3) is 0 Å². The molecule has 2 bridgehead atoms. The molecule has 3 aliphatic rings. The molecule has 1 aromatic rings. The second kappa shape index (κ2) is 5.44. The highest BCUT2D eigenvalue weighted by atomic mass is 16.6. The molecule has 2 aliphatic heterocycles. The summed E-state index contributed by atoms with van der Waals surface area (Å²) in [6, 6.07) is 3.98. The van der Waals surface area contributed by atoms with Gasteiger partial charge in [0, 0.05) is 37.8 Å². The molecule has 1 saturated carbocycles. The lowest BCUT2D eigenvalue weighted by atomic mass is 9.65. The third kappa shape index (κ3) is 2.01. The molecule has 1 aliphatic carbocycles. The fourth-order valence-electron chi connectivity index (χ4n) is 4.99. The van der Waals surface area contributed by atoms with Crippen molar-refractivity contribution in [2.45, 2.75) is 46.1 Å². The number of nitrogens with zero attached hydrogens (tertiary/aromatic N) is 3. The number of hydrogen-bond acceptors (Lipinski definition) is 5. The maximum absolute atomic E-state index is 13.4. The summed E-state index contributed by atoms with van der Waals surface area (Å²) in [5, 5.41) is 0. The van der Waals surface area contributed by atoms with Gasteiger partial charge < -0.3 is 14.5 Å². The predicted octanol–water partition coefficient (Wildman–Crippen LogP) is 2.16. The van der Waals surface area contributed by atoms with E-state index >= 15 is 0 Å². The van der Waals surface area contributed by atoms with Crippen molar-refractivity contribution in [2.75, 3.05) is 31.1 Å². The molecule has 1 aromatic heterocycles. The number of rotatable bonds is 2. The van der Waals surface area contributed by atoms with Crippen LogP contribution in [-0.2, 0) is 14.3 Å². The van der Waals surface area contributed by atoms with Gasteiger partial charge in [-0.2, -0.15) is 0 Å². The Kier molecular flexibility index (Phi) is 3.62. The number of piperazine rings is 1. The second-order valence-electron chi connectivity index (χ2n) is 8.57. The summed E-state index contributed by atoms with van der Waals surface area (Å²) in [5.74, 6) is 0.599. The number of carbonyl (C=O) groups excluding carboxylic acids is 2. The molecule has 0 N–H and O–H groups in total. The molecular weight excluding hydrogens is 330 g/mol. The van der Waals surface area contributed by atoms with Crippen molar-refractivity contribution in [3.63, 3.8) is 0 Å². The Balaban J connectivity index is 1.53. The van der Waals surface area contributed by atoms with E-state index in [4.69, 9.17) is 4.74 Å². The molecule has 3 fully saturated rings. The minimum atomic E-state index is -1.02. The van der Waals surface area contributed by atoms with Gasteiger partial charge in [-0.3, -0.25) is 9.59 Å². The van der Waals surface area contributed by atoms with Gasteiger partial charge >= 0.3 is 5.97 Å². The number of fused-ring (bicyclic) bond motifs is 2. The maximum atomic E-state index is 13.4. The van der Waals surface area contributed by atoms with Crippen molar-refractivity contribution in [3.05, 3.63) is 23.9 Å². The predicted molar refractivity (Wildman–Crippen MR) is 97.7 cm³/mol. The molecule has 0 spiro atoms. The summed E-state index contributed by atoms with van der Waals surface area (Å²) in [4.78, 5) is 34.7. The molecule has 6 heteroatoms. The summed E-state index contributed by atoms with van der Waals surface area (Å²) < 4.78 is 5.68. The first-order chi connectivity index (χ1) is 12.2. The van der Waals surface area contributed by atoms with E-state index in [9.17, 15) is 9.59 Å². The highest BCUT2D eigenvalue weighted by molar-refractivity contribution is 6.06. The van der Waals surface area contributed by atoms with E-state index in [1.807, 2.05) is 31.7 Å². The Hall–Kier alpha value is -2.11. The Morgan fingerprint density at radius 3 is 2.38 bits per heavy atom. The Morgan fingerprint density at radius 1 is 1.15 bits per heavy atom. The van der Waals surface area contributed by atoms with Crippen molar-refractivity contribution < 1.29 is 14.3 Å². The van der Waals surface area contributed by atoms with Gasteiger partial charge in [0.2, 0.25) is 5.91 Å². The van der Waals surface area contributed by atoms with E-state index in [0.717, 1.165) is 30.9 Å². The molecule has 4 rings (SSSR count). The number of hydrogen-bond donors (Lipinski definition) is 0. The molecule has 0 radical (unpaired) electrons. The molecule has 6 nitrogen and oxygen atoms in total. The average molecular weight is 357 g/mol. The van der Waals surface area contributed by atoms with Crippen LogP contribution in [0.2, 0.25) is 0 Å². The summed E-state index contributed by atoms with van der Waals surface area (Å²) in [6.45, 7) is 10.7. The van der Waals surface area contributed by atoms with Gasteiger partial charge in [-0.25, -0.2) is 4.98 Å². The van der Waals surface area contributed by atoms with Crippen LogP contribution in [0.15, 0.2) is 18.3 Å². The van der Waals surface area contributed by atoms with E-state index in [0.29, 0.717) is 19.5 Å². The normalized spacial score (nSPS) is 32.7.